The lowest BCUT2D eigenvalue weighted by Crippen LogP contribution is -2.07. The van der Waals surface area contributed by atoms with Crippen LogP contribution in [0.2, 0.25) is 0 Å². The number of aromatic nitrogens is 6. The van der Waals surface area contributed by atoms with Crippen LogP contribution < -0.4 is 0 Å². The van der Waals surface area contributed by atoms with Crippen molar-refractivity contribution in [3.8, 4) is 11.4 Å². The minimum Gasteiger partial charge on any atom is -0.300 e. The number of aromatic amines is 1. The minimum absolute atomic E-state index is 0.483. The van der Waals surface area contributed by atoms with Crippen LogP contribution in [0.15, 0.2) is 6.07 Å². The predicted octanol–water partition coefficient (Wildman–Crippen LogP) is 3.16. The Hall–Kier alpha value is -2.02. The second-order valence-corrected chi connectivity index (χ2v) is 6.46. The van der Waals surface area contributed by atoms with Crippen molar-refractivity contribution in [2.75, 3.05) is 0 Å². The summed E-state index contributed by atoms with van der Waals surface area (Å²) in [6.45, 7) is 9.14. The van der Waals surface area contributed by atoms with Gasteiger partial charge in [0.05, 0.1) is 11.1 Å². The van der Waals surface area contributed by atoms with Gasteiger partial charge in [0.2, 0.25) is 0 Å². The van der Waals surface area contributed by atoms with Crippen molar-refractivity contribution in [3.63, 3.8) is 0 Å². The SMILES string of the molecule is Cc1cc(-c2n[nH]c(=S)n2CC(C)C)c2c(C)nn(C)c2n1. The molecule has 7 heteroatoms. The van der Waals surface area contributed by atoms with E-state index in [-0.39, 0.29) is 0 Å². The third kappa shape index (κ3) is 2.35. The fourth-order valence-electron chi connectivity index (χ4n) is 2.80. The topological polar surface area (TPSA) is 64.3 Å². The van der Waals surface area contributed by atoms with E-state index in [1.165, 1.54) is 0 Å². The molecule has 3 rings (SSSR count). The molecule has 116 valence electrons. The first kappa shape index (κ1) is 14.9. The summed E-state index contributed by atoms with van der Waals surface area (Å²) in [5, 5.41) is 12.9. The number of hydrogen-bond donors (Lipinski definition) is 1. The van der Waals surface area contributed by atoms with Crippen LogP contribution in [0, 0.1) is 24.5 Å². The molecule has 0 aliphatic rings. The van der Waals surface area contributed by atoms with E-state index in [2.05, 4.69) is 44.8 Å². The quantitative estimate of drug-likeness (QED) is 0.754. The van der Waals surface area contributed by atoms with E-state index in [1.807, 2.05) is 25.6 Å². The smallest absolute Gasteiger partial charge is 0.195 e. The highest BCUT2D eigenvalue weighted by Crippen LogP contribution is 2.29. The van der Waals surface area contributed by atoms with Crippen molar-refractivity contribution >= 4 is 23.3 Å². The second kappa shape index (κ2) is 5.31. The molecule has 0 fully saturated rings. The lowest BCUT2D eigenvalue weighted by Gasteiger charge is -2.11. The Morgan fingerprint density at radius 1 is 1.32 bits per heavy atom. The summed E-state index contributed by atoms with van der Waals surface area (Å²) >= 11 is 5.39. The largest absolute Gasteiger partial charge is 0.300 e. The molecule has 3 aromatic rings. The maximum absolute atomic E-state index is 5.39. The van der Waals surface area contributed by atoms with Gasteiger partial charge in [-0.05, 0) is 38.0 Å². The van der Waals surface area contributed by atoms with Gasteiger partial charge < -0.3 is 0 Å². The van der Waals surface area contributed by atoms with Gasteiger partial charge in [0.15, 0.2) is 16.2 Å². The second-order valence-electron chi connectivity index (χ2n) is 6.08. The molecule has 0 unspecified atom stereocenters. The van der Waals surface area contributed by atoms with Crippen molar-refractivity contribution in [3.05, 3.63) is 22.2 Å². The molecular formula is C15H20N6S. The fraction of sp³-hybridized carbons (Fsp3) is 0.467. The summed E-state index contributed by atoms with van der Waals surface area (Å²) in [5.41, 5.74) is 3.79. The highest BCUT2D eigenvalue weighted by molar-refractivity contribution is 7.71. The lowest BCUT2D eigenvalue weighted by molar-refractivity contribution is 0.521. The molecule has 3 heterocycles. The predicted molar refractivity (Wildman–Crippen MR) is 89.2 cm³/mol. The molecule has 0 amide bonds. The van der Waals surface area contributed by atoms with Crippen LogP contribution in [-0.4, -0.2) is 29.5 Å². The van der Waals surface area contributed by atoms with Crippen LogP contribution in [0.25, 0.3) is 22.4 Å². The molecule has 0 spiro atoms. The van der Waals surface area contributed by atoms with Crippen LogP contribution >= 0.6 is 12.2 Å². The van der Waals surface area contributed by atoms with Gasteiger partial charge in [-0.15, -0.1) is 0 Å². The Morgan fingerprint density at radius 3 is 2.73 bits per heavy atom. The maximum Gasteiger partial charge on any atom is 0.195 e. The summed E-state index contributed by atoms with van der Waals surface area (Å²) < 4.78 is 4.52. The summed E-state index contributed by atoms with van der Waals surface area (Å²) in [4.78, 5) is 4.61. The number of pyridine rings is 1. The number of hydrogen-bond acceptors (Lipinski definition) is 4. The first-order chi connectivity index (χ1) is 10.4. The summed E-state index contributed by atoms with van der Waals surface area (Å²) in [6, 6.07) is 2.05. The van der Waals surface area contributed by atoms with Crippen LogP contribution in [0.4, 0.5) is 0 Å². The van der Waals surface area contributed by atoms with E-state index in [0.717, 1.165) is 40.4 Å². The molecule has 0 aliphatic heterocycles. The molecule has 0 radical (unpaired) electrons. The Bertz CT molecular complexity index is 899. The number of nitrogens with zero attached hydrogens (tertiary/aromatic N) is 5. The molecule has 0 aromatic carbocycles. The van der Waals surface area contributed by atoms with Gasteiger partial charge in [0, 0.05) is 24.8 Å². The summed E-state index contributed by atoms with van der Waals surface area (Å²) in [7, 11) is 1.91. The zero-order chi connectivity index (χ0) is 16.0. The van der Waals surface area contributed by atoms with Crippen molar-refractivity contribution in [2.45, 2.75) is 34.2 Å². The van der Waals surface area contributed by atoms with Gasteiger partial charge in [-0.2, -0.15) is 10.2 Å². The van der Waals surface area contributed by atoms with Crippen LogP contribution in [0.1, 0.15) is 25.2 Å². The Morgan fingerprint density at radius 2 is 2.05 bits per heavy atom. The molecule has 6 nitrogen and oxygen atoms in total. The van der Waals surface area contributed by atoms with Crippen LogP contribution in [-0.2, 0) is 13.6 Å². The van der Waals surface area contributed by atoms with Crippen molar-refractivity contribution in [1.29, 1.82) is 0 Å². The first-order valence-electron chi connectivity index (χ1n) is 7.35. The number of aryl methyl sites for hydroxylation is 3. The number of rotatable bonds is 3. The van der Waals surface area contributed by atoms with Gasteiger partial charge in [-0.25, -0.2) is 4.98 Å². The molecule has 0 saturated heterocycles. The van der Waals surface area contributed by atoms with Crippen molar-refractivity contribution < 1.29 is 0 Å². The molecule has 22 heavy (non-hydrogen) atoms. The van der Waals surface area contributed by atoms with E-state index in [0.29, 0.717) is 10.7 Å². The van der Waals surface area contributed by atoms with E-state index >= 15 is 0 Å². The summed E-state index contributed by atoms with van der Waals surface area (Å²) in [6.07, 6.45) is 0. The van der Waals surface area contributed by atoms with Gasteiger partial charge in [0.25, 0.3) is 0 Å². The Labute approximate surface area is 134 Å². The molecular weight excluding hydrogens is 296 g/mol. The molecule has 3 aromatic heterocycles. The molecule has 0 aliphatic carbocycles. The van der Waals surface area contributed by atoms with E-state index < -0.39 is 0 Å². The molecule has 1 N–H and O–H groups in total. The van der Waals surface area contributed by atoms with E-state index in [1.54, 1.807) is 0 Å². The highest BCUT2D eigenvalue weighted by Gasteiger charge is 2.18. The van der Waals surface area contributed by atoms with Crippen molar-refractivity contribution in [2.24, 2.45) is 13.0 Å². The van der Waals surface area contributed by atoms with Crippen LogP contribution in [0.5, 0.6) is 0 Å². The standard InChI is InChI=1S/C15H20N6S/c1-8(2)7-21-13(17-18-15(21)22)11-6-9(3)16-14-12(11)10(4)19-20(14)5/h6,8H,7H2,1-5H3,(H,18,22). The third-order valence-corrected chi connectivity index (χ3v) is 3.96. The van der Waals surface area contributed by atoms with Crippen molar-refractivity contribution in [1.82, 2.24) is 29.5 Å². The van der Waals surface area contributed by atoms with E-state index in [4.69, 9.17) is 12.2 Å². The highest BCUT2D eigenvalue weighted by atomic mass is 32.1. The maximum atomic E-state index is 5.39. The summed E-state index contributed by atoms with van der Waals surface area (Å²) in [5.74, 6) is 1.33. The number of H-pyrrole nitrogens is 1. The number of fused-ring (bicyclic) bond motifs is 1. The zero-order valence-electron chi connectivity index (χ0n) is 13.5. The molecule has 0 bridgehead atoms. The average Bonchev–Trinajstić information content (AvgIpc) is 2.91. The number of nitrogens with one attached hydrogen (secondary N) is 1. The monoisotopic (exact) mass is 316 g/mol. The normalized spacial score (nSPS) is 11.7. The average molecular weight is 316 g/mol. The Balaban J connectivity index is 2.34. The van der Waals surface area contributed by atoms with Gasteiger partial charge in [-0.1, -0.05) is 13.8 Å². The molecule has 0 saturated carbocycles. The minimum atomic E-state index is 0.483. The molecule has 0 atom stereocenters. The fourth-order valence-corrected chi connectivity index (χ4v) is 3.01. The Kier molecular flexibility index (Phi) is 3.60. The van der Waals surface area contributed by atoms with Gasteiger partial charge in [-0.3, -0.25) is 14.3 Å². The van der Waals surface area contributed by atoms with E-state index in [9.17, 15) is 0 Å². The van der Waals surface area contributed by atoms with Gasteiger partial charge >= 0.3 is 0 Å². The van der Waals surface area contributed by atoms with Gasteiger partial charge in [0.1, 0.15) is 0 Å². The van der Waals surface area contributed by atoms with Crippen LogP contribution in [0.3, 0.4) is 0 Å². The lowest BCUT2D eigenvalue weighted by atomic mass is 10.1. The zero-order valence-corrected chi connectivity index (χ0v) is 14.3. The first-order valence-corrected chi connectivity index (χ1v) is 7.75. The third-order valence-electron chi connectivity index (χ3n) is 3.64.